The maximum atomic E-state index is 5.78. The van der Waals surface area contributed by atoms with Crippen LogP contribution >= 0.6 is 11.6 Å². The summed E-state index contributed by atoms with van der Waals surface area (Å²) in [6.07, 6.45) is 6.44. The van der Waals surface area contributed by atoms with E-state index in [1.165, 1.54) is 12.8 Å². The fourth-order valence-corrected chi connectivity index (χ4v) is 1.58. The molecule has 2 aromatic rings. The lowest BCUT2D eigenvalue weighted by Gasteiger charge is -2.03. The highest BCUT2D eigenvalue weighted by atomic mass is 35.5. The quantitative estimate of drug-likeness (QED) is 0.758. The summed E-state index contributed by atoms with van der Waals surface area (Å²) < 4.78 is 7.52. The number of hydrogen-bond donors (Lipinski definition) is 0. The molecule has 1 saturated carbocycles. The van der Waals surface area contributed by atoms with Crippen LogP contribution < -0.4 is 4.74 Å². The third-order valence-corrected chi connectivity index (χ3v) is 2.41. The molecular weight excluding hydrogens is 200 g/mol. The summed E-state index contributed by atoms with van der Waals surface area (Å²) in [5.74, 6) is 0.877. The Bertz CT molecular complexity index is 476. The second-order valence-corrected chi connectivity index (χ2v) is 3.90. The Morgan fingerprint density at radius 2 is 2.36 bits per heavy atom. The molecule has 0 saturated heterocycles. The van der Waals surface area contributed by atoms with Gasteiger partial charge >= 0.3 is 0 Å². The molecule has 0 N–H and O–H groups in total. The van der Waals surface area contributed by atoms with E-state index < -0.39 is 0 Å². The summed E-state index contributed by atoms with van der Waals surface area (Å²) in [6, 6.07) is 3.84. The second-order valence-electron chi connectivity index (χ2n) is 3.51. The number of ether oxygens (including phenoxy) is 1. The summed E-state index contributed by atoms with van der Waals surface area (Å²) in [6.45, 7) is 0. The average molecular weight is 209 g/mol. The lowest BCUT2D eigenvalue weighted by molar-refractivity contribution is 0.303. The molecule has 0 spiro atoms. The van der Waals surface area contributed by atoms with Gasteiger partial charge in [0.1, 0.15) is 16.5 Å². The van der Waals surface area contributed by atoms with E-state index in [1.54, 1.807) is 6.20 Å². The molecule has 0 aliphatic heterocycles. The molecule has 1 fully saturated rings. The molecule has 0 amide bonds. The van der Waals surface area contributed by atoms with E-state index in [0.717, 1.165) is 11.4 Å². The van der Waals surface area contributed by atoms with Crippen molar-refractivity contribution < 1.29 is 4.74 Å². The standard InChI is InChI=1S/C10H9ClN2O/c11-9-6-13-4-3-8(5-10(13)12-9)14-7-1-2-7/h3-7H,1-2H2. The van der Waals surface area contributed by atoms with Gasteiger partial charge in [-0.15, -0.1) is 0 Å². The van der Waals surface area contributed by atoms with Crippen LogP contribution in [-0.4, -0.2) is 15.5 Å². The third-order valence-electron chi connectivity index (χ3n) is 2.23. The first-order chi connectivity index (χ1) is 6.81. The highest BCUT2D eigenvalue weighted by Gasteiger charge is 2.23. The van der Waals surface area contributed by atoms with Crippen LogP contribution in [-0.2, 0) is 0 Å². The Morgan fingerprint density at radius 1 is 1.50 bits per heavy atom. The Balaban J connectivity index is 2.00. The van der Waals surface area contributed by atoms with Crippen molar-refractivity contribution in [3.8, 4) is 5.75 Å². The SMILES string of the molecule is Clc1cn2ccc(OC3CC3)cc2n1. The van der Waals surface area contributed by atoms with E-state index in [9.17, 15) is 0 Å². The van der Waals surface area contributed by atoms with Gasteiger partial charge in [-0.05, 0) is 18.9 Å². The van der Waals surface area contributed by atoms with Gasteiger partial charge in [0.15, 0.2) is 0 Å². The van der Waals surface area contributed by atoms with Gasteiger partial charge in [-0.1, -0.05) is 11.6 Å². The van der Waals surface area contributed by atoms with Crippen molar-refractivity contribution in [2.45, 2.75) is 18.9 Å². The molecule has 14 heavy (non-hydrogen) atoms. The van der Waals surface area contributed by atoms with Crippen molar-refractivity contribution in [1.29, 1.82) is 0 Å². The zero-order chi connectivity index (χ0) is 9.54. The average Bonchev–Trinajstić information content (AvgIpc) is 2.86. The summed E-state index contributed by atoms with van der Waals surface area (Å²) in [7, 11) is 0. The number of imidazole rings is 1. The molecular formula is C10H9ClN2O. The van der Waals surface area contributed by atoms with Gasteiger partial charge in [0.05, 0.1) is 6.10 Å². The van der Waals surface area contributed by atoms with Crippen molar-refractivity contribution in [2.24, 2.45) is 0 Å². The number of aromatic nitrogens is 2. The number of nitrogens with zero attached hydrogens (tertiary/aromatic N) is 2. The normalized spacial score (nSPS) is 16.1. The van der Waals surface area contributed by atoms with Crippen LogP contribution in [0, 0.1) is 0 Å². The molecule has 1 aliphatic rings. The zero-order valence-corrected chi connectivity index (χ0v) is 8.24. The first-order valence-corrected chi connectivity index (χ1v) is 5.00. The summed E-state index contributed by atoms with van der Waals surface area (Å²) in [5, 5.41) is 0.508. The van der Waals surface area contributed by atoms with Gasteiger partial charge in [-0.25, -0.2) is 4.98 Å². The van der Waals surface area contributed by atoms with Crippen LogP contribution in [0.5, 0.6) is 5.75 Å². The van der Waals surface area contributed by atoms with E-state index >= 15 is 0 Å². The second kappa shape index (κ2) is 2.89. The molecule has 0 aromatic carbocycles. The van der Waals surface area contributed by atoms with E-state index in [-0.39, 0.29) is 0 Å². The predicted molar refractivity (Wildman–Crippen MR) is 53.9 cm³/mol. The summed E-state index contributed by atoms with van der Waals surface area (Å²) in [5.41, 5.74) is 0.827. The Hall–Kier alpha value is -1.22. The first-order valence-electron chi connectivity index (χ1n) is 4.62. The van der Waals surface area contributed by atoms with Crippen LogP contribution in [0.3, 0.4) is 0 Å². The number of hydrogen-bond acceptors (Lipinski definition) is 2. The van der Waals surface area contributed by atoms with Gasteiger partial charge in [0, 0.05) is 18.5 Å². The molecule has 4 heteroatoms. The molecule has 0 atom stereocenters. The van der Waals surface area contributed by atoms with E-state index in [2.05, 4.69) is 4.98 Å². The molecule has 72 valence electrons. The fourth-order valence-electron chi connectivity index (χ4n) is 1.38. The highest BCUT2D eigenvalue weighted by Crippen LogP contribution is 2.27. The van der Waals surface area contributed by atoms with E-state index in [0.29, 0.717) is 11.3 Å². The molecule has 0 radical (unpaired) electrons. The molecule has 2 heterocycles. The van der Waals surface area contributed by atoms with Gasteiger partial charge < -0.3 is 9.14 Å². The fraction of sp³-hybridized carbons (Fsp3) is 0.300. The number of halogens is 1. The van der Waals surface area contributed by atoms with Gasteiger partial charge in [-0.3, -0.25) is 0 Å². The number of rotatable bonds is 2. The van der Waals surface area contributed by atoms with Crippen molar-refractivity contribution in [2.75, 3.05) is 0 Å². The molecule has 1 aliphatic carbocycles. The zero-order valence-electron chi connectivity index (χ0n) is 7.48. The highest BCUT2D eigenvalue weighted by molar-refractivity contribution is 6.29. The number of pyridine rings is 1. The first kappa shape index (κ1) is 8.12. The maximum Gasteiger partial charge on any atom is 0.148 e. The monoisotopic (exact) mass is 208 g/mol. The van der Waals surface area contributed by atoms with Gasteiger partial charge in [0.25, 0.3) is 0 Å². The molecule has 0 unspecified atom stereocenters. The van der Waals surface area contributed by atoms with E-state index in [1.807, 2.05) is 22.7 Å². The maximum absolute atomic E-state index is 5.78. The lowest BCUT2D eigenvalue weighted by Crippen LogP contribution is -1.96. The van der Waals surface area contributed by atoms with Gasteiger partial charge in [-0.2, -0.15) is 0 Å². The van der Waals surface area contributed by atoms with Gasteiger partial charge in [0.2, 0.25) is 0 Å². The largest absolute Gasteiger partial charge is 0.490 e. The minimum absolute atomic E-state index is 0.419. The van der Waals surface area contributed by atoms with Crippen molar-refractivity contribution in [3.63, 3.8) is 0 Å². The Morgan fingerprint density at radius 3 is 3.14 bits per heavy atom. The smallest absolute Gasteiger partial charge is 0.148 e. The Labute approximate surface area is 86.3 Å². The molecule has 3 rings (SSSR count). The summed E-state index contributed by atoms with van der Waals surface area (Å²) >= 11 is 5.78. The molecule has 3 nitrogen and oxygen atoms in total. The van der Waals surface area contributed by atoms with Crippen molar-refractivity contribution in [1.82, 2.24) is 9.38 Å². The van der Waals surface area contributed by atoms with E-state index in [4.69, 9.17) is 16.3 Å². The third kappa shape index (κ3) is 1.44. The van der Waals surface area contributed by atoms with Crippen molar-refractivity contribution >= 4 is 17.2 Å². The Kier molecular flexibility index (Phi) is 1.67. The predicted octanol–water partition coefficient (Wildman–Crippen LogP) is 2.53. The van der Waals surface area contributed by atoms with Crippen LogP contribution in [0.4, 0.5) is 0 Å². The van der Waals surface area contributed by atoms with Crippen LogP contribution in [0.1, 0.15) is 12.8 Å². The van der Waals surface area contributed by atoms with Crippen LogP contribution in [0.2, 0.25) is 5.15 Å². The minimum Gasteiger partial charge on any atom is -0.490 e. The van der Waals surface area contributed by atoms with Crippen LogP contribution in [0.15, 0.2) is 24.5 Å². The minimum atomic E-state index is 0.419. The molecule has 2 aromatic heterocycles. The lowest BCUT2D eigenvalue weighted by atomic mass is 10.4. The molecule has 0 bridgehead atoms. The number of fused-ring (bicyclic) bond motifs is 1. The van der Waals surface area contributed by atoms with Crippen molar-refractivity contribution in [3.05, 3.63) is 29.7 Å². The van der Waals surface area contributed by atoms with Crippen LogP contribution in [0.25, 0.3) is 5.65 Å². The topological polar surface area (TPSA) is 26.5 Å². The summed E-state index contributed by atoms with van der Waals surface area (Å²) in [4.78, 5) is 4.15.